The van der Waals surface area contributed by atoms with Gasteiger partial charge in [0.1, 0.15) is 0 Å². The van der Waals surface area contributed by atoms with Gasteiger partial charge in [0.25, 0.3) is 5.91 Å². The Morgan fingerprint density at radius 2 is 2.44 bits per heavy atom. The molecule has 4 nitrogen and oxygen atoms in total. The number of ether oxygens (including phenoxy) is 1. The first kappa shape index (κ1) is 12.0. The fraction of sp³-hybridized carbons (Fsp3) is 0.500. The summed E-state index contributed by atoms with van der Waals surface area (Å²) in [5.41, 5.74) is 0. The van der Waals surface area contributed by atoms with E-state index >= 15 is 0 Å². The van der Waals surface area contributed by atoms with Crippen LogP contribution in [0.3, 0.4) is 0 Å². The summed E-state index contributed by atoms with van der Waals surface area (Å²) in [6.07, 6.45) is 0.0624. The van der Waals surface area contributed by atoms with Crippen LogP contribution in [-0.2, 0) is 4.74 Å². The van der Waals surface area contributed by atoms with Crippen molar-refractivity contribution in [3.05, 3.63) is 20.8 Å². The summed E-state index contributed by atoms with van der Waals surface area (Å²) in [5.74, 6) is -0.0357. The molecule has 0 bridgehead atoms. The topological polar surface area (TPSA) is 50.4 Å². The summed E-state index contributed by atoms with van der Waals surface area (Å²) < 4.78 is 6.25. The molecule has 2 N–H and O–H groups in total. The van der Waals surface area contributed by atoms with Crippen molar-refractivity contribution in [2.45, 2.75) is 12.1 Å². The third-order valence-corrected chi connectivity index (χ3v) is 4.20. The van der Waals surface area contributed by atoms with E-state index in [1.54, 1.807) is 7.11 Å². The molecule has 88 valence electrons. The van der Waals surface area contributed by atoms with E-state index in [9.17, 15) is 4.79 Å². The molecule has 0 aliphatic carbocycles. The van der Waals surface area contributed by atoms with Crippen LogP contribution in [0.5, 0.6) is 0 Å². The van der Waals surface area contributed by atoms with E-state index in [2.05, 4.69) is 26.6 Å². The summed E-state index contributed by atoms with van der Waals surface area (Å²) in [6.45, 7) is 1.55. The zero-order chi connectivity index (χ0) is 11.5. The van der Waals surface area contributed by atoms with Crippen molar-refractivity contribution < 1.29 is 9.53 Å². The van der Waals surface area contributed by atoms with Gasteiger partial charge in [0, 0.05) is 20.2 Å². The van der Waals surface area contributed by atoms with Gasteiger partial charge in [0.05, 0.1) is 20.8 Å². The van der Waals surface area contributed by atoms with Crippen LogP contribution in [-0.4, -0.2) is 38.3 Å². The summed E-state index contributed by atoms with van der Waals surface area (Å²) in [6, 6.07) is 3.74. The highest BCUT2D eigenvalue weighted by Crippen LogP contribution is 2.22. The molecule has 0 radical (unpaired) electrons. The minimum atomic E-state index is -0.0357. The number of thiophene rings is 1. The molecule has 0 spiro atoms. The van der Waals surface area contributed by atoms with Gasteiger partial charge in [-0.25, -0.2) is 0 Å². The monoisotopic (exact) mass is 304 g/mol. The van der Waals surface area contributed by atoms with Gasteiger partial charge in [-0.3, -0.25) is 4.79 Å². The van der Waals surface area contributed by atoms with Gasteiger partial charge in [0.15, 0.2) is 0 Å². The summed E-state index contributed by atoms with van der Waals surface area (Å²) in [4.78, 5) is 12.6. The maximum absolute atomic E-state index is 11.9. The summed E-state index contributed by atoms with van der Waals surface area (Å²) in [7, 11) is 1.67. The Labute approximate surface area is 106 Å². The minimum absolute atomic E-state index is 0.0357. The molecule has 16 heavy (non-hydrogen) atoms. The largest absolute Gasteiger partial charge is 0.378 e. The van der Waals surface area contributed by atoms with Gasteiger partial charge >= 0.3 is 0 Å². The highest BCUT2D eigenvalue weighted by molar-refractivity contribution is 9.11. The van der Waals surface area contributed by atoms with Crippen LogP contribution in [0.25, 0.3) is 0 Å². The lowest BCUT2D eigenvalue weighted by Gasteiger charge is -2.17. The fourth-order valence-corrected chi connectivity index (χ4v) is 3.01. The van der Waals surface area contributed by atoms with Crippen LogP contribution in [0.4, 0.5) is 0 Å². The van der Waals surface area contributed by atoms with E-state index < -0.39 is 0 Å². The molecule has 1 amide bonds. The van der Waals surface area contributed by atoms with Crippen molar-refractivity contribution in [2.75, 3.05) is 20.2 Å². The Kier molecular flexibility index (Phi) is 3.96. The van der Waals surface area contributed by atoms with Gasteiger partial charge in [-0.2, -0.15) is 0 Å². The average molecular weight is 305 g/mol. The quantitative estimate of drug-likeness (QED) is 0.883. The Bertz CT molecular complexity index is 383. The number of hydrogen-bond donors (Lipinski definition) is 2. The second-order valence-corrected chi connectivity index (χ2v) is 6.08. The normalized spacial score (nSPS) is 24.6. The predicted molar refractivity (Wildman–Crippen MR) is 66.9 cm³/mol. The second-order valence-electron chi connectivity index (χ2n) is 3.62. The predicted octanol–water partition coefficient (Wildman–Crippen LogP) is 1.23. The molecule has 1 aliphatic heterocycles. The van der Waals surface area contributed by atoms with Crippen LogP contribution in [0.2, 0.25) is 0 Å². The number of nitrogens with one attached hydrogen (secondary N) is 2. The molecule has 1 saturated heterocycles. The highest BCUT2D eigenvalue weighted by Gasteiger charge is 2.28. The Balaban J connectivity index is 1.97. The Hall–Kier alpha value is -0.430. The standard InChI is InChI=1S/C10H13BrN2O2S/c1-15-7-5-12-4-6(7)13-10(14)8-2-3-9(11)16-8/h2-3,6-7,12H,4-5H2,1H3,(H,13,14)/t6?,7-/m0/s1. The first-order valence-corrected chi connectivity index (χ1v) is 6.61. The van der Waals surface area contributed by atoms with E-state index in [1.165, 1.54) is 11.3 Å². The van der Waals surface area contributed by atoms with Gasteiger partial charge < -0.3 is 15.4 Å². The van der Waals surface area contributed by atoms with Crippen molar-refractivity contribution in [2.24, 2.45) is 0 Å². The molecule has 2 atom stereocenters. The molecular weight excluding hydrogens is 292 g/mol. The number of carbonyl (C=O) groups excluding carboxylic acids is 1. The molecule has 1 fully saturated rings. The van der Waals surface area contributed by atoms with Gasteiger partial charge in [-0.15, -0.1) is 11.3 Å². The van der Waals surface area contributed by atoms with E-state index in [1.807, 2.05) is 12.1 Å². The zero-order valence-electron chi connectivity index (χ0n) is 8.83. The molecule has 0 saturated carbocycles. The molecular formula is C10H13BrN2O2S. The van der Waals surface area contributed by atoms with Crippen molar-refractivity contribution >= 4 is 33.2 Å². The summed E-state index contributed by atoms with van der Waals surface area (Å²) >= 11 is 4.77. The molecule has 2 rings (SSSR count). The van der Waals surface area contributed by atoms with Crippen LogP contribution in [0.15, 0.2) is 15.9 Å². The number of hydrogen-bond acceptors (Lipinski definition) is 4. The summed E-state index contributed by atoms with van der Waals surface area (Å²) in [5, 5.41) is 6.16. The molecule has 1 aromatic rings. The van der Waals surface area contributed by atoms with Crippen molar-refractivity contribution in [3.63, 3.8) is 0 Å². The zero-order valence-corrected chi connectivity index (χ0v) is 11.2. The molecule has 0 aromatic carbocycles. The molecule has 1 unspecified atom stereocenters. The second kappa shape index (κ2) is 5.27. The number of amides is 1. The molecule has 2 heterocycles. The third kappa shape index (κ3) is 2.63. The fourth-order valence-electron chi connectivity index (χ4n) is 1.72. The van der Waals surface area contributed by atoms with E-state index in [4.69, 9.17) is 4.74 Å². The van der Waals surface area contributed by atoms with E-state index in [0.29, 0.717) is 4.88 Å². The van der Waals surface area contributed by atoms with Gasteiger partial charge in [0.2, 0.25) is 0 Å². The van der Waals surface area contributed by atoms with E-state index in [0.717, 1.165) is 16.9 Å². The average Bonchev–Trinajstić information content (AvgIpc) is 2.86. The minimum Gasteiger partial charge on any atom is -0.378 e. The Morgan fingerprint density at radius 1 is 1.62 bits per heavy atom. The number of carbonyl (C=O) groups is 1. The lowest BCUT2D eigenvalue weighted by Crippen LogP contribution is -2.43. The van der Waals surface area contributed by atoms with Crippen molar-refractivity contribution in [1.82, 2.24) is 10.6 Å². The SMILES string of the molecule is CO[C@H]1CNCC1NC(=O)c1ccc(Br)s1. The van der Waals surface area contributed by atoms with Crippen LogP contribution >= 0.6 is 27.3 Å². The van der Waals surface area contributed by atoms with Crippen LogP contribution in [0, 0.1) is 0 Å². The molecule has 1 aliphatic rings. The van der Waals surface area contributed by atoms with Crippen LogP contribution in [0.1, 0.15) is 9.67 Å². The lowest BCUT2D eigenvalue weighted by atomic mass is 10.2. The van der Waals surface area contributed by atoms with Crippen molar-refractivity contribution in [1.29, 1.82) is 0 Å². The number of halogens is 1. The van der Waals surface area contributed by atoms with Crippen LogP contribution < -0.4 is 10.6 Å². The molecule has 1 aromatic heterocycles. The lowest BCUT2D eigenvalue weighted by molar-refractivity contribution is 0.0783. The van der Waals surface area contributed by atoms with Gasteiger partial charge in [-0.1, -0.05) is 0 Å². The van der Waals surface area contributed by atoms with Gasteiger partial charge in [-0.05, 0) is 28.1 Å². The van der Waals surface area contributed by atoms with E-state index in [-0.39, 0.29) is 18.1 Å². The third-order valence-electron chi connectivity index (χ3n) is 2.57. The Morgan fingerprint density at radius 3 is 3.06 bits per heavy atom. The maximum Gasteiger partial charge on any atom is 0.261 e. The molecule has 6 heteroatoms. The maximum atomic E-state index is 11.9. The number of methoxy groups -OCH3 is 1. The first-order chi connectivity index (χ1) is 7.70. The highest BCUT2D eigenvalue weighted by atomic mass is 79.9. The van der Waals surface area contributed by atoms with Crippen molar-refractivity contribution in [3.8, 4) is 0 Å². The first-order valence-electron chi connectivity index (χ1n) is 5.00. The smallest absolute Gasteiger partial charge is 0.261 e. The number of rotatable bonds is 3.